The van der Waals surface area contributed by atoms with Gasteiger partial charge in [0.05, 0.1) is 16.9 Å². The van der Waals surface area contributed by atoms with Gasteiger partial charge >= 0.3 is 0 Å². The molecule has 6 nitrogen and oxygen atoms in total. The second kappa shape index (κ2) is 4.49. The van der Waals surface area contributed by atoms with Crippen molar-refractivity contribution in [1.82, 2.24) is 15.4 Å². The van der Waals surface area contributed by atoms with Crippen LogP contribution in [-0.2, 0) is 0 Å². The van der Waals surface area contributed by atoms with E-state index < -0.39 is 0 Å². The average Bonchev–Trinajstić information content (AvgIpc) is 2.88. The molecule has 0 saturated heterocycles. The van der Waals surface area contributed by atoms with Crippen LogP contribution >= 0.6 is 0 Å². The minimum absolute atomic E-state index is 0.525. The van der Waals surface area contributed by atoms with Crippen LogP contribution in [0.2, 0.25) is 0 Å². The van der Waals surface area contributed by atoms with Gasteiger partial charge in [0.1, 0.15) is 11.2 Å². The lowest BCUT2D eigenvalue weighted by Crippen LogP contribution is -1.85. The monoisotopic (exact) mass is 252 g/mol. The maximum Gasteiger partial charge on any atom is 0.142 e. The van der Waals surface area contributed by atoms with Crippen molar-refractivity contribution in [3.05, 3.63) is 42.0 Å². The van der Waals surface area contributed by atoms with E-state index in [1.807, 2.05) is 37.3 Å². The van der Waals surface area contributed by atoms with Gasteiger partial charge in [0.25, 0.3) is 0 Å². The minimum atomic E-state index is 0.525. The fraction of sp³-hybridized carbons (Fsp3) is 0.0769. The number of fused-ring (bicyclic) bond motifs is 1. The third-order valence-corrected chi connectivity index (χ3v) is 2.80. The molecule has 3 rings (SSSR count). The molecule has 0 unspecified atom stereocenters. The molecule has 0 radical (unpaired) electrons. The van der Waals surface area contributed by atoms with Gasteiger partial charge in [0.15, 0.2) is 0 Å². The lowest BCUT2D eigenvalue weighted by atomic mass is 10.2. The lowest BCUT2D eigenvalue weighted by Gasteiger charge is -1.99. The molecule has 0 bridgehead atoms. The number of aromatic nitrogens is 3. The zero-order chi connectivity index (χ0) is 13.2. The van der Waals surface area contributed by atoms with Gasteiger partial charge in [-0.25, -0.2) is 0 Å². The summed E-state index contributed by atoms with van der Waals surface area (Å²) in [6, 6.07) is 11.3. The van der Waals surface area contributed by atoms with Crippen LogP contribution in [0, 0.1) is 6.92 Å². The van der Waals surface area contributed by atoms with E-state index in [4.69, 9.17) is 5.73 Å². The normalized spacial score (nSPS) is 11.4. The SMILES string of the molecule is Cc1ccc(N=Nc2c(N)ccc3[nH]nnc23)cc1. The maximum absolute atomic E-state index is 5.90. The summed E-state index contributed by atoms with van der Waals surface area (Å²) in [5, 5.41) is 18.8. The number of nitrogens with two attached hydrogens (primary N) is 1. The summed E-state index contributed by atoms with van der Waals surface area (Å²) in [7, 11) is 0. The highest BCUT2D eigenvalue weighted by Crippen LogP contribution is 2.30. The summed E-state index contributed by atoms with van der Waals surface area (Å²) in [5.41, 5.74) is 10.3. The third-order valence-electron chi connectivity index (χ3n) is 2.80. The molecule has 0 saturated carbocycles. The first-order valence-electron chi connectivity index (χ1n) is 5.82. The highest BCUT2D eigenvalue weighted by atomic mass is 15.3. The second-order valence-corrected chi connectivity index (χ2v) is 4.25. The fourth-order valence-corrected chi connectivity index (χ4v) is 1.74. The summed E-state index contributed by atoms with van der Waals surface area (Å²) in [5.74, 6) is 0. The van der Waals surface area contributed by atoms with Crippen molar-refractivity contribution < 1.29 is 0 Å². The van der Waals surface area contributed by atoms with Crippen LogP contribution in [0.4, 0.5) is 17.1 Å². The van der Waals surface area contributed by atoms with E-state index in [1.54, 1.807) is 6.07 Å². The summed E-state index contributed by atoms with van der Waals surface area (Å²) in [6.45, 7) is 2.02. The Kier molecular flexibility index (Phi) is 2.68. The van der Waals surface area contributed by atoms with Crippen LogP contribution in [0.5, 0.6) is 0 Å². The second-order valence-electron chi connectivity index (χ2n) is 4.25. The Labute approximate surface area is 109 Å². The molecule has 19 heavy (non-hydrogen) atoms. The molecule has 0 amide bonds. The van der Waals surface area contributed by atoms with E-state index in [-0.39, 0.29) is 0 Å². The predicted octanol–water partition coefficient (Wildman–Crippen LogP) is 3.26. The van der Waals surface area contributed by atoms with Crippen LogP contribution in [0.15, 0.2) is 46.6 Å². The number of rotatable bonds is 2. The number of benzene rings is 2. The molecule has 2 aromatic carbocycles. The highest BCUT2D eigenvalue weighted by Gasteiger charge is 2.07. The van der Waals surface area contributed by atoms with Gasteiger partial charge in [-0.3, -0.25) is 5.10 Å². The van der Waals surface area contributed by atoms with E-state index in [0.29, 0.717) is 16.9 Å². The van der Waals surface area contributed by atoms with Gasteiger partial charge in [-0.1, -0.05) is 22.9 Å². The summed E-state index contributed by atoms with van der Waals surface area (Å²) in [6.07, 6.45) is 0. The summed E-state index contributed by atoms with van der Waals surface area (Å²) < 4.78 is 0. The van der Waals surface area contributed by atoms with Crippen LogP contribution in [-0.4, -0.2) is 15.4 Å². The van der Waals surface area contributed by atoms with Gasteiger partial charge in [0.2, 0.25) is 0 Å². The number of anilines is 1. The molecule has 1 heterocycles. The Balaban J connectivity index is 2.03. The van der Waals surface area contributed by atoms with E-state index in [1.165, 1.54) is 5.56 Å². The van der Waals surface area contributed by atoms with Crippen molar-refractivity contribution in [3.8, 4) is 0 Å². The molecule has 0 atom stereocenters. The molecular weight excluding hydrogens is 240 g/mol. The van der Waals surface area contributed by atoms with E-state index in [9.17, 15) is 0 Å². The fourth-order valence-electron chi connectivity index (χ4n) is 1.74. The third kappa shape index (κ3) is 2.15. The minimum Gasteiger partial charge on any atom is -0.397 e. The maximum atomic E-state index is 5.90. The van der Waals surface area contributed by atoms with E-state index >= 15 is 0 Å². The van der Waals surface area contributed by atoms with Crippen LogP contribution < -0.4 is 5.73 Å². The number of hydrogen-bond donors (Lipinski definition) is 2. The molecule has 0 aliphatic rings. The van der Waals surface area contributed by atoms with Crippen molar-refractivity contribution in [3.63, 3.8) is 0 Å². The van der Waals surface area contributed by atoms with Crippen LogP contribution in [0.3, 0.4) is 0 Å². The zero-order valence-corrected chi connectivity index (χ0v) is 10.3. The van der Waals surface area contributed by atoms with Gasteiger partial charge in [-0.05, 0) is 31.2 Å². The Morgan fingerprint density at radius 3 is 2.63 bits per heavy atom. The molecule has 6 heteroatoms. The van der Waals surface area contributed by atoms with Crippen molar-refractivity contribution in [2.45, 2.75) is 6.92 Å². The molecule has 0 aliphatic heterocycles. The van der Waals surface area contributed by atoms with Gasteiger partial charge in [-0.15, -0.1) is 10.2 Å². The van der Waals surface area contributed by atoms with Crippen molar-refractivity contribution in [2.24, 2.45) is 10.2 Å². The Hall–Kier alpha value is -2.76. The highest BCUT2D eigenvalue weighted by molar-refractivity contribution is 5.92. The van der Waals surface area contributed by atoms with Crippen LogP contribution in [0.1, 0.15) is 5.56 Å². The smallest absolute Gasteiger partial charge is 0.142 e. The predicted molar refractivity (Wildman–Crippen MR) is 73.7 cm³/mol. The number of aryl methyl sites for hydroxylation is 1. The van der Waals surface area contributed by atoms with Crippen LogP contribution in [0.25, 0.3) is 11.0 Å². The number of nitrogen functional groups attached to an aromatic ring is 1. The standard InChI is InChI=1S/C13H12N6/c1-8-2-4-9(5-3-8)15-17-12-10(14)6-7-11-13(12)18-19-16-11/h2-7H,14H2,1H3,(H,16,18,19). The molecule has 3 N–H and O–H groups in total. The summed E-state index contributed by atoms with van der Waals surface area (Å²) in [4.78, 5) is 0. The molecule has 1 aromatic heterocycles. The molecule has 0 aliphatic carbocycles. The Bertz CT molecular complexity index is 741. The van der Waals surface area contributed by atoms with E-state index in [2.05, 4.69) is 25.6 Å². The number of hydrogen-bond acceptors (Lipinski definition) is 5. The Morgan fingerprint density at radius 2 is 1.84 bits per heavy atom. The van der Waals surface area contributed by atoms with Gasteiger partial charge in [-0.2, -0.15) is 5.11 Å². The zero-order valence-electron chi connectivity index (χ0n) is 10.3. The largest absolute Gasteiger partial charge is 0.397 e. The number of nitrogens with zero attached hydrogens (tertiary/aromatic N) is 4. The van der Waals surface area contributed by atoms with Crippen molar-refractivity contribution >= 4 is 28.1 Å². The average molecular weight is 252 g/mol. The topological polar surface area (TPSA) is 92.3 Å². The molecular formula is C13H12N6. The van der Waals surface area contributed by atoms with Crippen molar-refractivity contribution in [1.29, 1.82) is 0 Å². The first-order valence-corrected chi connectivity index (χ1v) is 5.82. The lowest BCUT2D eigenvalue weighted by molar-refractivity contribution is 0.959. The Morgan fingerprint density at radius 1 is 1.05 bits per heavy atom. The van der Waals surface area contributed by atoms with E-state index in [0.717, 1.165) is 11.2 Å². The molecule has 94 valence electrons. The molecule has 3 aromatic rings. The molecule has 0 fully saturated rings. The van der Waals surface area contributed by atoms with Gasteiger partial charge < -0.3 is 5.73 Å². The first kappa shape index (κ1) is 11.3. The number of aromatic amines is 1. The molecule has 0 spiro atoms. The quantitative estimate of drug-likeness (QED) is 0.541. The number of azo groups is 1. The number of nitrogens with one attached hydrogen (secondary N) is 1. The van der Waals surface area contributed by atoms with Gasteiger partial charge in [0, 0.05) is 0 Å². The number of H-pyrrole nitrogens is 1. The summed E-state index contributed by atoms with van der Waals surface area (Å²) >= 11 is 0. The first-order chi connectivity index (χ1) is 9.24. The van der Waals surface area contributed by atoms with Crippen molar-refractivity contribution in [2.75, 3.05) is 5.73 Å².